The van der Waals surface area contributed by atoms with Crippen LogP contribution in [-0.2, 0) is 11.2 Å². The van der Waals surface area contributed by atoms with Gasteiger partial charge in [-0.15, -0.1) is 0 Å². The first kappa shape index (κ1) is 11.5. The summed E-state index contributed by atoms with van der Waals surface area (Å²) in [5, 5.41) is 8.56. The van der Waals surface area contributed by atoms with Crippen molar-refractivity contribution in [3.63, 3.8) is 0 Å². The van der Waals surface area contributed by atoms with Gasteiger partial charge in [0.2, 0.25) is 0 Å². The molecule has 0 unspecified atom stereocenters. The summed E-state index contributed by atoms with van der Waals surface area (Å²) >= 11 is 1.97. The highest BCUT2D eigenvalue weighted by Crippen LogP contribution is 2.31. The first-order valence-electron chi connectivity index (χ1n) is 5.50. The van der Waals surface area contributed by atoms with Gasteiger partial charge < -0.3 is 9.52 Å². The third-order valence-corrected chi connectivity index (χ3v) is 3.80. The molecule has 0 saturated carbocycles. The Labute approximate surface area is 98.4 Å². The Morgan fingerprint density at radius 2 is 2.31 bits per heavy atom. The molecular weight excluding hydrogens is 226 g/mol. The van der Waals surface area contributed by atoms with Crippen LogP contribution in [-0.4, -0.2) is 27.6 Å². The third-order valence-electron chi connectivity index (χ3n) is 2.75. The van der Waals surface area contributed by atoms with Gasteiger partial charge >= 0.3 is 5.97 Å². The molecule has 1 aromatic rings. The fourth-order valence-corrected chi connectivity index (χ4v) is 2.93. The van der Waals surface area contributed by atoms with Gasteiger partial charge in [0.1, 0.15) is 5.76 Å². The maximum atomic E-state index is 10.4. The molecule has 0 radical (unpaired) electrons. The van der Waals surface area contributed by atoms with Crippen molar-refractivity contribution in [2.45, 2.75) is 31.6 Å². The van der Waals surface area contributed by atoms with Gasteiger partial charge in [0.05, 0.1) is 12.6 Å². The van der Waals surface area contributed by atoms with E-state index in [-0.39, 0.29) is 6.42 Å². The summed E-state index contributed by atoms with van der Waals surface area (Å²) in [6, 6.07) is 0. The van der Waals surface area contributed by atoms with Crippen LogP contribution in [0.5, 0.6) is 0 Å². The quantitative estimate of drug-likeness (QED) is 0.876. The van der Waals surface area contributed by atoms with Gasteiger partial charge in [-0.3, -0.25) is 4.79 Å². The molecule has 1 aliphatic heterocycles. The van der Waals surface area contributed by atoms with Gasteiger partial charge in [-0.1, -0.05) is 0 Å². The summed E-state index contributed by atoms with van der Waals surface area (Å²) in [6.45, 7) is 0. The Hall–Kier alpha value is -0.970. The van der Waals surface area contributed by atoms with Gasteiger partial charge in [-0.2, -0.15) is 11.8 Å². The monoisotopic (exact) mass is 241 g/mol. The number of nitrogens with zero attached hydrogens (tertiary/aromatic N) is 1. The number of rotatable bonds is 4. The Morgan fingerprint density at radius 1 is 1.56 bits per heavy atom. The van der Waals surface area contributed by atoms with E-state index in [0.717, 1.165) is 18.6 Å². The van der Waals surface area contributed by atoms with E-state index in [0.29, 0.717) is 18.2 Å². The van der Waals surface area contributed by atoms with Crippen LogP contribution in [0.4, 0.5) is 0 Å². The van der Waals surface area contributed by atoms with E-state index >= 15 is 0 Å². The maximum absolute atomic E-state index is 10.4. The number of thioether (sulfide) groups is 1. The number of aliphatic carboxylic acids is 1. The van der Waals surface area contributed by atoms with Gasteiger partial charge in [0.15, 0.2) is 5.89 Å². The largest absolute Gasteiger partial charge is 0.481 e. The number of carboxylic acids is 1. The van der Waals surface area contributed by atoms with E-state index in [2.05, 4.69) is 4.98 Å². The number of hydrogen-bond donors (Lipinski definition) is 1. The molecule has 16 heavy (non-hydrogen) atoms. The van der Waals surface area contributed by atoms with Crippen LogP contribution in [0.15, 0.2) is 10.6 Å². The van der Waals surface area contributed by atoms with Gasteiger partial charge in [0, 0.05) is 12.3 Å². The lowest BCUT2D eigenvalue weighted by molar-refractivity contribution is -0.137. The lowest BCUT2D eigenvalue weighted by Gasteiger charge is -2.18. The molecule has 1 aromatic heterocycles. The number of carbonyl (C=O) groups is 1. The Morgan fingerprint density at radius 3 is 3.00 bits per heavy atom. The van der Waals surface area contributed by atoms with E-state index in [9.17, 15) is 4.79 Å². The average molecular weight is 241 g/mol. The molecule has 2 heterocycles. The number of carboxylic acid groups (broad SMARTS) is 1. The summed E-state index contributed by atoms with van der Waals surface area (Å²) in [5.41, 5.74) is 0. The molecule has 1 saturated heterocycles. The lowest BCUT2D eigenvalue weighted by Crippen LogP contribution is -2.06. The van der Waals surface area contributed by atoms with E-state index < -0.39 is 5.97 Å². The summed E-state index contributed by atoms with van der Waals surface area (Å²) in [7, 11) is 0. The molecule has 4 nitrogen and oxygen atoms in total. The molecule has 0 atom stereocenters. The van der Waals surface area contributed by atoms with Crippen LogP contribution in [0.1, 0.15) is 36.8 Å². The number of hydrogen-bond acceptors (Lipinski definition) is 4. The second-order valence-electron chi connectivity index (χ2n) is 3.94. The standard InChI is InChI=1S/C11H15NO3S/c13-11(14)2-1-10-12-7-9(15-10)8-3-5-16-6-4-8/h7-8H,1-6H2,(H,13,14). The van der Waals surface area contributed by atoms with E-state index in [4.69, 9.17) is 9.52 Å². The molecule has 5 heteroatoms. The molecule has 0 aliphatic carbocycles. The lowest BCUT2D eigenvalue weighted by atomic mass is 10.0. The van der Waals surface area contributed by atoms with Crippen molar-refractivity contribution >= 4 is 17.7 Å². The van der Waals surface area contributed by atoms with Crippen molar-refractivity contribution in [1.29, 1.82) is 0 Å². The van der Waals surface area contributed by atoms with Crippen LogP contribution >= 0.6 is 11.8 Å². The Kier molecular flexibility index (Phi) is 3.88. The van der Waals surface area contributed by atoms with E-state index in [1.165, 1.54) is 11.5 Å². The molecule has 1 N–H and O–H groups in total. The first-order chi connectivity index (χ1) is 7.75. The summed E-state index contributed by atoms with van der Waals surface area (Å²) in [4.78, 5) is 14.5. The molecule has 0 aromatic carbocycles. The van der Waals surface area contributed by atoms with Crippen molar-refractivity contribution < 1.29 is 14.3 Å². The minimum absolute atomic E-state index is 0.0838. The molecule has 88 valence electrons. The molecule has 0 amide bonds. The van der Waals surface area contributed by atoms with E-state index in [1.54, 1.807) is 6.20 Å². The molecule has 0 bridgehead atoms. The van der Waals surface area contributed by atoms with Crippen molar-refractivity contribution in [2.75, 3.05) is 11.5 Å². The maximum Gasteiger partial charge on any atom is 0.303 e. The molecule has 2 rings (SSSR count). The Balaban J connectivity index is 1.93. The normalized spacial score (nSPS) is 17.5. The van der Waals surface area contributed by atoms with Crippen molar-refractivity contribution in [3.05, 3.63) is 17.8 Å². The SMILES string of the molecule is O=C(O)CCc1ncc(C2CCSCC2)o1. The van der Waals surface area contributed by atoms with Crippen LogP contribution in [0, 0.1) is 0 Å². The third kappa shape index (κ3) is 3.01. The second-order valence-corrected chi connectivity index (χ2v) is 5.16. The van der Waals surface area contributed by atoms with Crippen LogP contribution in [0.2, 0.25) is 0 Å². The predicted octanol–water partition coefficient (Wildman–Crippen LogP) is 2.30. The first-order valence-corrected chi connectivity index (χ1v) is 6.65. The summed E-state index contributed by atoms with van der Waals surface area (Å²) in [6.07, 6.45) is 4.51. The fourth-order valence-electron chi connectivity index (χ4n) is 1.82. The Bertz CT molecular complexity index is 358. The highest BCUT2D eigenvalue weighted by molar-refractivity contribution is 7.99. The molecular formula is C11H15NO3S. The summed E-state index contributed by atoms with van der Waals surface area (Å²) < 4.78 is 5.59. The van der Waals surface area contributed by atoms with Gasteiger partial charge in [-0.25, -0.2) is 4.98 Å². The minimum atomic E-state index is -0.811. The van der Waals surface area contributed by atoms with Gasteiger partial charge in [-0.05, 0) is 24.3 Å². The van der Waals surface area contributed by atoms with Crippen LogP contribution < -0.4 is 0 Å². The zero-order valence-corrected chi connectivity index (χ0v) is 9.83. The highest BCUT2D eigenvalue weighted by Gasteiger charge is 2.19. The van der Waals surface area contributed by atoms with Crippen LogP contribution in [0.25, 0.3) is 0 Å². The fraction of sp³-hybridized carbons (Fsp3) is 0.636. The van der Waals surface area contributed by atoms with Gasteiger partial charge in [0.25, 0.3) is 0 Å². The number of oxazole rings is 1. The smallest absolute Gasteiger partial charge is 0.303 e. The zero-order valence-electron chi connectivity index (χ0n) is 9.02. The second kappa shape index (κ2) is 5.39. The predicted molar refractivity (Wildman–Crippen MR) is 61.8 cm³/mol. The van der Waals surface area contributed by atoms with Crippen molar-refractivity contribution in [2.24, 2.45) is 0 Å². The molecule has 1 aliphatic rings. The highest BCUT2D eigenvalue weighted by atomic mass is 32.2. The van der Waals surface area contributed by atoms with E-state index in [1.807, 2.05) is 11.8 Å². The number of aromatic nitrogens is 1. The van der Waals surface area contributed by atoms with Crippen LogP contribution in [0.3, 0.4) is 0 Å². The average Bonchev–Trinajstić information content (AvgIpc) is 2.76. The molecule has 1 fully saturated rings. The summed E-state index contributed by atoms with van der Waals surface area (Å²) in [5.74, 6) is 3.50. The zero-order chi connectivity index (χ0) is 11.4. The van der Waals surface area contributed by atoms with Crippen molar-refractivity contribution in [1.82, 2.24) is 4.98 Å². The number of aryl methyl sites for hydroxylation is 1. The molecule has 0 spiro atoms. The minimum Gasteiger partial charge on any atom is -0.481 e. The van der Waals surface area contributed by atoms with Crippen molar-refractivity contribution in [3.8, 4) is 0 Å². The topological polar surface area (TPSA) is 63.3 Å².